The fourth-order valence-corrected chi connectivity index (χ4v) is 4.63. The van der Waals surface area contributed by atoms with E-state index >= 15 is 0 Å². The summed E-state index contributed by atoms with van der Waals surface area (Å²) in [5, 5.41) is 16.3. The second kappa shape index (κ2) is 9.54. The van der Waals surface area contributed by atoms with Gasteiger partial charge in [-0.15, -0.1) is 0 Å². The molecule has 0 aliphatic carbocycles. The van der Waals surface area contributed by atoms with Crippen LogP contribution in [0.25, 0.3) is 0 Å². The van der Waals surface area contributed by atoms with E-state index in [0.29, 0.717) is 19.5 Å². The molecule has 176 valence electrons. The molecule has 9 heteroatoms. The van der Waals surface area contributed by atoms with Gasteiger partial charge < -0.3 is 15.3 Å². The number of aromatic nitrogens is 1. The zero-order chi connectivity index (χ0) is 23.6. The molecule has 0 radical (unpaired) electrons. The van der Waals surface area contributed by atoms with E-state index in [1.54, 1.807) is 18.3 Å². The van der Waals surface area contributed by atoms with E-state index in [9.17, 15) is 19.1 Å². The molecular formula is C24H30FN5O3. The molecule has 1 aromatic carbocycles. The fraction of sp³-hybridized carbons (Fsp3) is 0.458. The summed E-state index contributed by atoms with van der Waals surface area (Å²) in [6.07, 6.45) is 0.835. The van der Waals surface area contributed by atoms with E-state index in [0.717, 1.165) is 11.3 Å². The molecule has 3 heterocycles. The van der Waals surface area contributed by atoms with Gasteiger partial charge >= 0.3 is 0 Å². The van der Waals surface area contributed by atoms with Crippen molar-refractivity contribution in [1.29, 1.82) is 0 Å². The number of nitrogens with zero attached hydrogens (tertiary/aromatic N) is 3. The molecule has 33 heavy (non-hydrogen) atoms. The lowest BCUT2D eigenvalue weighted by Crippen LogP contribution is -2.79. The number of benzene rings is 1. The van der Waals surface area contributed by atoms with E-state index in [2.05, 4.69) is 20.5 Å². The molecule has 0 spiro atoms. The molecule has 0 saturated carbocycles. The number of aliphatic hydroxyl groups is 1. The van der Waals surface area contributed by atoms with Gasteiger partial charge in [-0.05, 0) is 43.7 Å². The summed E-state index contributed by atoms with van der Waals surface area (Å²) in [6.45, 7) is 5.42. The molecule has 3 N–H and O–H groups in total. The van der Waals surface area contributed by atoms with Crippen LogP contribution in [0.15, 0.2) is 48.7 Å². The highest BCUT2D eigenvalue weighted by molar-refractivity contribution is 5.90. The Hall–Kier alpha value is -2.88. The van der Waals surface area contributed by atoms with Crippen molar-refractivity contribution in [2.45, 2.75) is 50.7 Å². The molecule has 2 fully saturated rings. The van der Waals surface area contributed by atoms with Crippen LogP contribution in [0.4, 0.5) is 4.39 Å². The molecule has 4 rings (SSSR count). The third-order valence-corrected chi connectivity index (χ3v) is 6.58. The van der Waals surface area contributed by atoms with Crippen molar-refractivity contribution in [3.8, 4) is 0 Å². The minimum atomic E-state index is -1.19. The molecule has 2 aliphatic heterocycles. The van der Waals surface area contributed by atoms with Gasteiger partial charge in [-0.1, -0.05) is 18.2 Å². The minimum absolute atomic E-state index is 0.140. The summed E-state index contributed by atoms with van der Waals surface area (Å²) < 4.78 is 13.2. The van der Waals surface area contributed by atoms with Gasteiger partial charge in [0.05, 0.1) is 0 Å². The summed E-state index contributed by atoms with van der Waals surface area (Å²) in [5.41, 5.74) is 1.24. The smallest absolute Gasteiger partial charge is 0.254 e. The van der Waals surface area contributed by atoms with E-state index in [1.165, 1.54) is 17.0 Å². The maximum atomic E-state index is 13.2. The minimum Gasteiger partial charge on any atom is -0.382 e. The van der Waals surface area contributed by atoms with E-state index in [-0.39, 0.29) is 24.8 Å². The maximum Gasteiger partial charge on any atom is 0.254 e. The Kier molecular flexibility index (Phi) is 6.73. The Morgan fingerprint density at radius 1 is 1.27 bits per heavy atom. The molecular weight excluding hydrogens is 425 g/mol. The largest absolute Gasteiger partial charge is 0.382 e. The predicted octanol–water partition coefficient (Wildman–Crippen LogP) is 0.661. The van der Waals surface area contributed by atoms with Crippen molar-refractivity contribution in [3.63, 3.8) is 0 Å². The average molecular weight is 456 g/mol. The van der Waals surface area contributed by atoms with Crippen LogP contribution in [0.2, 0.25) is 0 Å². The lowest BCUT2D eigenvalue weighted by atomic mass is 9.88. The first-order valence-electron chi connectivity index (χ1n) is 11.2. The Morgan fingerprint density at radius 2 is 2.03 bits per heavy atom. The van der Waals surface area contributed by atoms with Crippen molar-refractivity contribution in [3.05, 3.63) is 65.7 Å². The monoisotopic (exact) mass is 455 g/mol. The lowest BCUT2D eigenvalue weighted by molar-refractivity contribution is -0.172. The molecule has 0 bridgehead atoms. The fourth-order valence-electron chi connectivity index (χ4n) is 4.63. The molecule has 2 aromatic rings. The van der Waals surface area contributed by atoms with Crippen molar-refractivity contribution in [2.75, 3.05) is 19.6 Å². The molecule has 2 amide bonds. The first kappa shape index (κ1) is 23.3. The van der Waals surface area contributed by atoms with Crippen molar-refractivity contribution < 1.29 is 19.1 Å². The highest BCUT2D eigenvalue weighted by atomic mass is 19.1. The summed E-state index contributed by atoms with van der Waals surface area (Å²) in [5.74, 6) is -1.10. The number of hydrogen-bond donors (Lipinski definition) is 3. The Labute approximate surface area is 192 Å². The second-order valence-corrected chi connectivity index (χ2v) is 9.10. The Bertz CT molecular complexity index is 985. The molecule has 3 unspecified atom stereocenters. The third kappa shape index (κ3) is 4.90. The van der Waals surface area contributed by atoms with Crippen LogP contribution in [0, 0.1) is 5.82 Å². The maximum absolute atomic E-state index is 13.2. The highest BCUT2D eigenvalue weighted by Gasteiger charge is 2.53. The van der Waals surface area contributed by atoms with Crippen molar-refractivity contribution in [2.24, 2.45) is 0 Å². The van der Waals surface area contributed by atoms with Crippen LogP contribution in [0.3, 0.4) is 0 Å². The van der Waals surface area contributed by atoms with Gasteiger partial charge in [0.1, 0.15) is 24.1 Å². The van der Waals surface area contributed by atoms with Gasteiger partial charge in [-0.3, -0.25) is 24.8 Å². The molecule has 3 atom stereocenters. The summed E-state index contributed by atoms with van der Waals surface area (Å²) in [7, 11) is 0. The molecule has 2 aliphatic rings. The number of aliphatic hydroxyl groups excluding tert-OH is 1. The summed E-state index contributed by atoms with van der Waals surface area (Å²) in [4.78, 5) is 34.3. The highest BCUT2D eigenvalue weighted by Crippen LogP contribution is 2.32. The third-order valence-electron chi connectivity index (χ3n) is 6.58. The van der Waals surface area contributed by atoms with E-state index in [1.807, 2.05) is 32.0 Å². The van der Waals surface area contributed by atoms with Crippen LogP contribution in [-0.2, 0) is 22.6 Å². The average Bonchev–Trinajstić information content (AvgIpc) is 2.81. The number of piperazine rings is 1. The van der Waals surface area contributed by atoms with Gasteiger partial charge in [0, 0.05) is 50.0 Å². The van der Waals surface area contributed by atoms with Gasteiger partial charge in [-0.25, -0.2) is 4.39 Å². The number of pyridine rings is 1. The number of carbonyl (C=O) groups excluding carboxylic acids is 2. The van der Waals surface area contributed by atoms with Gasteiger partial charge in [-0.2, -0.15) is 0 Å². The normalized spacial score (nSPS) is 24.9. The first-order chi connectivity index (χ1) is 15.8. The summed E-state index contributed by atoms with van der Waals surface area (Å²) in [6, 6.07) is 10.9. The quantitative estimate of drug-likeness (QED) is 0.592. The molecule has 1 aromatic heterocycles. The second-order valence-electron chi connectivity index (χ2n) is 9.10. The standard InChI is InChI=1S/C24H30FN5O3/c1-24(2)23-28-14-20(31)22(33)30(23)19(15-29(24)12-10-18-5-3-4-11-26-18)21(32)27-13-16-6-8-17(25)9-7-16/h3-9,11,19-20,23,28,31H,10,12-15H2,1-2H3,(H,27,32). The lowest BCUT2D eigenvalue weighted by Gasteiger charge is -2.58. The predicted molar refractivity (Wildman–Crippen MR) is 120 cm³/mol. The number of fused-ring (bicyclic) bond motifs is 1. The van der Waals surface area contributed by atoms with Gasteiger partial charge in [0.15, 0.2) is 0 Å². The van der Waals surface area contributed by atoms with Crippen LogP contribution < -0.4 is 10.6 Å². The number of rotatable bonds is 6. The Morgan fingerprint density at radius 3 is 2.73 bits per heavy atom. The number of halogens is 1. The van der Waals surface area contributed by atoms with Crippen LogP contribution >= 0.6 is 0 Å². The topological polar surface area (TPSA) is 97.8 Å². The zero-order valence-corrected chi connectivity index (χ0v) is 18.9. The van der Waals surface area contributed by atoms with Crippen LogP contribution in [0.5, 0.6) is 0 Å². The van der Waals surface area contributed by atoms with Crippen LogP contribution in [-0.4, -0.2) is 75.2 Å². The number of hydrogen-bond acceptors (Lipinski definition) is 6. The number of nitrogens with one attached hydrogen (secondary N) is 2. The summed E-state index contributed by atoms with van der Waals surface area (Å²) >= 11 is 0. The SMILES string of the molecule is CC1(C)C2NCC(O)C(=O)N2C(C(=O)NCc2ccc(F)cc2)CN1CCc1ccccn1. The molecule has 2 saturated heterocycles. The Balaban J connectivity index is 1.53. The van der Waals surface area contributed by atoms with Crippen LogP contribution in [0.1, 0.15) is 25.1 Å². The number of amides is 2. The first-order valence-corrected chi connectivity index (χ1v) is 11.2. The molecule has 8 nitrogen and oxygen atoms in total. The van der Waals surface area contributed by atoms with E-state index < -0.39 is 29.8 Å². The number of β-amino-alcohol motifs (C(OH)–C–C–N with tert-alkyl or cyclic N) is 1. The van der Waals surface area contributed by atoms with E-state index in [4.69, 9.17) is 0 Å². The number of carbonyl (C=O) groups is 2. The van der Waals surface area contributed by atoms with Gasteiger partial charge in [0.25, 0.3) is 5.91 Å². The van der Waals surface area contributed by atoms with Crippen molar-refractivity contribution in [1.82, 2.24) is 25.4 Å². The van der Waals surface area contributed by atoms with Gasteiger partial charge in [0.2, 0.25) is 5.91 Å². The van der Waals surface area contributed by atoms with Crippen molar-refractivity contribution >= 4 is 11.8 Å². The zero-order valence-electron chi connectivity index (χ0n) is 18.9.